The van der Waals surface area contributed by atoms with Gasteiger partial charge in [0, 0.05) is 16.6 Å². The fourth-order valence-corrected chi connectivity index (χ4v) is 4.62. The number of halogens is 2. The minimum Gasteiger partial charge on any atom is -0.354 e. The highest BCUT2D eigenvalue weighted by atomic mass is 35.5. The van der Waals surface area contributed by atoms with Gasteiger partial charge in [-0.05, 0) is 67.4 Å². The largest absolute Gasteiger partial charge is 0.354 e. The van der Waals surface area contributed by atoms with Crippen LogP contribution in [0.25, 0.3) is 0 Å². The van der Waals surface area contributed by atoms with Gasteiger partial charge in [0.15, 0.2) is 0 Å². The Morgan fingerprint density at radius 2 is 1.42 bits per heavy atom. The van der Waals surface area contributed by atoms with Crippen LogP contribution >= 0.6 is 23.2 Å². The van der Waals surface area contributed by atoms with Gasteiger partial charge < -0.3 is 5.32 Å². The van der Waals surface area contributed by atoms with Crippen molar-refractivity contribution >= 4 is 44.8 Å². The van der Waals surface area contributed by atoms with Gasteiger partial charge in [-0.2, -0.15) is 0 Å². The normalized spacial score (nSPS) is 11.2. The first-order valence-corrected chi connectivity index (χ1v) is 11.8. The zero-order valence-corrected chi connectivity index (χ0v) is 19.2. The molecular weight excluding hydrogens is 455 g/mol. The third kappa shape index (κ3) is 6.23. The van der Waals surface area contributed by atoms with E-state index in [-0.39, 0.29) is 11.4 Å². The molecule has 3 aromatic rings. The van der Waals surface area contributed by atoms with Crippen LogP contribution in [0, 0.1) is 6.92 Å². The second-order valence-corrected chi connectivity index (χ2v) is 9.76. The predicted molar refractivity (Wildman–Crippen MR) is 125 cm³/mol. The highest BCUT2D eigenvalue weighted by Crippen LogP contribution is 2.25. The van der Waals surface area contributed by atoms with Gasteiger partial charge in [-0.1, -0.05) is 53.0 Å². The second-order valence-electron chi connectivity index (χ2n) is 7.03. The third-order valence-corrected chi connectivity index (χ3v) is 6.95. The molecule has 0 aliphatic carbocycles. The number of hydrogen-bond acceptors (Lipinski definition) is 3. The Bertz CT molecular complexity index is 1130. The van der Waals surface area contributed by atoms with E-state index in [0.29, 0.717) is 28.7 Å². The number of anilines is 1. The summed E-state index contributed by atoms with van der Waals surface area (Å²) in [7, 11) is -3.96. The summed E-state index contributed by atoms with van der Waals surface area (Å²) >= 11 is 11.8. The summed E-state index contributed by atoms with van der Waals surface area (Å²) in [5.41, 5.74) is 2.42. The molecule has 0 atom stereocenters. The minimum absolute atomic E-state index is 0.0615. The van der Waals surface area contributed by atoms with Gasteiger partial charge in [0.05, 0.1) is 10.6 Å². The number of rotatable bonds is 8. The molecule has 0 fully saturated rings. The SMILES string of the molecule is Cc1ccc(N(CC(=O)NCCc2ccc(Cl)cc2)S(=O)(=O)c2ccc(Cl)cc2)cc1. The average molecular weight is 477 g/mol. The fourth-order valence-electron chi connectivity index (χ4n) is 2.94. The summed E-state index contributed by atoms with van der Waals surface area (Å²) in [6, 6.07) is 20.2. The molecule has 162 valence electrons. The lowest BCUT2D eigenvalue weighted by Gasteiger charge is -2.24. The molecule has 1 N–H and O–H groups in total. The standard InChI is InChI=1S/C23H22Cl2N2O3S/c1-17-2-10-21(11-3-17)27(31(29,30)22-12-8-20(25)9-13-22)16-23(28)26-15-14-18-4-6-19(24)7-5-18/h2-13H,14-16H2,1H3,(H,26,28). The number of nitrogens with zero attached hydrogens (tertiary/aromatic N) is 1. The molecule has 8 heteroatoms. The van der Waals surface area contributed by atoms with E-state index in [1.165, 1.54) is 24.3 Å². The second kappa shape index (κ2) is 10.2. The van der Waals surface area contributed by atoms with E-state index in [1.54, 1.807) is 36.4 Å². The molecule has 0 aliphatic heterocycles. The lowest BCUT2D eigenvalue weighted by Crippen LogP contribution is -2.41. The molecule has 0 aliphatic rings. The number of carbonyl (C=O) groups excluding carboxylic acids is 1. The van der Waals surface area contributed by atoms with Gasteiger partial charge in [-0.15, -0.1) is 0 Å². The molecule has 3 rings (SSSR count). The summed E-state index contributed by atoms with van der Waals surface area (Å²) in [5.74, 6) is -0.396. The first-order valence-electron chi connectivity index (χ1n) is 9.62. The maximum atomic E-state index is 13.3. The molecule has 0 heterocycles. The van der Waals surface area contributed by atoms with Crippen LogP contribution in [0.15, 0.2) is 77.7 Å². The van der Waals surface area contributed by atoms with Crippen molar-refractivity contribution in [1.82, 2.24) is 5.32 Å². The Hall–Kier alpha value is -2.54. The zero-order valence-electron chi connectivity index (χ0n) is 16.9. The summed E-state index contributed by atoms with van der Waals surface area (Å²) in [6.45, 7) is 1.95. The molecule has 0 saturated carbocycles. The number of carbonyl (C=O) groups is 1. The highest BCUT2D eigenvalue weighted by molar-refractivity contribution is 7.92. The average Bonchev–Trinajstić information content (AvgIpc) is 2.74. The van der Waals surface area contributed by atoms with Crippen LogP contribution < -0.4 is 9.62 Å². The molecule has 0 saturated heterocycles. The molecule has 0 spiro atoms. The summed E-state index contributed by atoms with van der Waals surface area (Å²) in [4.78, 5) is 12.7. The number of sulfonamides is 1. The van der Waals surface area contributed by atoms with Crippen molar-refractivity contribution < 1.29 is 13.2 Å². The Morgan fingerprint density at radius 1 is 0.871 bits per heavy atom. The van der Waals surface area contributed by atoms with Crippen LogP contribution in [0.4, 0.5) is 5.69 Å². The first kappa shape index (κ1) is 23.1. The Balaban J connectivity index is 1.76. The molecule has 0 radical (unpaired) electrons. The lowest BCUT2D eigenvalue weighted by atomic mass is 10.1. The van der Waals surface area contributed by atoms with Gasteiger partial charge in [0.2, 0.25) is 5.91 Å². The van der Waals surface area contributed by atoms with Crippen molar-refractivity contribution in [3.63, 3.8) is 0 Å². The van der Waals surface area contributed by atoms with Gasteiger partial charge in [-0.25, -0.2) is 8.42 Å². The summed E-state index contributed by atoms with van der Waals surface area (Å²) < 4.78 is 27.7. The van der Waals surface area contributed by atoms with Crippen LogP contribution in [-0.4, -0.2) is 27.4 Å². The maximum absolute atomic E-state index is 13.3. The van der Waals surface area contributed by atoms with E-state index in [1.807, 2.05) is 19.1 Å². The molecule has 0 unspecified atom stereocenters. The van der Waals surface area contributed by atoms with Gasteiger partial charge >= 0.3 is 0 Å². The predicted octanol–water partition coefficient (Wildman–Crippen LogP) is 4.86. The van der Waals surface area contributed by atoms with Crippen molar-refractivity contribution in [2.45, 2.75) is 18.2 Å². The molecule has 3 aromatic carbocycles. The Kier molecular flexibility index (Phi) is 7.59. The van der Waals surface area contributed by atoms with E-state index in [0.717, 1.165) is 15.4 Å². The van der Waals surface area contributed by atoms with Crippen LogP contribution in [-0.2, 0) is 21.2 Å². The van der Waals surface area contributed by atoms with Crippen molar-refractivity contribution in [1.29, 1.82) is 0 Å². The van der Waals surface area contributed by atoms with E-state index in [2.05, 4.69) is 5.32 Å². The molecule has 5 nitrogen and oxygen atoms in total. The smallest absolute Gasteiger partial charge is 0.264 e. The van der Waals surface area contributed by atoms with E-state index < -0.39 is 15.9 Å². The van der Waals surface area contributed by atoms with Gasteiger partial charge in [0.25, 0.3) is 10.0 Å². The molecule has 0 bridgehead atoms. The molecule has 0 aromatic heterocycles. The van der Waals surface area contributed by atoms with Crippen molar-refractivity contribution in [3.05, 3.63) is 94.0 Å². The quantitative estimate of drug-likeness (QED) is 0.504. The zero-order chi connectivity index (χ0) is 22.4. The summed E-state index contributed by atoms with van der Waals surface area (Å²) in [6.07, 6.45) is 0.609. The summed E-state index contributed by atoms with van der Waals surface area (Å²) in [5, 5.41) is 3.87. The number of aryl methyl sites for hydroxylation is 1. The Labute approximate surface area is 192 Å². The number of amides is 1. The van der Waals surface area contributed by atoms with Crippen LogP contribution in [0.5, 0.6) is 0 Å². The van der Waals surface area contributed by atoms with Crippen molar-refractivity contribution in [3.8, 4) is 0 Å². The molecular formula is C23H22Cl2N2O3S. The number of hydrogen-bond donors (Lipinski definition) is 1. The topological polar surface area (TPSA) is 66.5 Å². The van der Waals surface area contributed by atoms with Gasteiger partial charge in [0.1, 0.15) is 6.54 Å². The Morgan fingerprint density at radius 3 is 2.00 bits per heavy atom. The molecule has 1 amide bonds. The van der Waals surface area contributed by atoms with E-state index in [9.17, 15) is 13.2 Å². The van der Waals surface area contributed by atoms with Crippen molar-refractivity contribution in [2.75, 3.05) is 17.4 Å². The van der Waals surface area contributed by atoms with E-state index >= 15 is 0 Å². The number of nitrogens with one attached hydrogen (secondary N) is 1. The van der Waals surface area contributed by atoms with Crippen molar-refractivity contribution in [2.24, 2.45) is 0 Å². The lowest BCUT2D eigenvalue weighted by molar-refractivity contribution is -0.119. The fraction of sp³-hybridized carbons (Fsp3) is 0.174. The van der Waals surface area contributed by atoms with Crippen LogP contribution in [0.2, 0.25) is 10.0 Å². The van der Waals surface area contributed by atoms with Gasteiger partial charge in [-0.3, -0.25) is 9.10 Å². The van der Waals surface area contributed by atoms with Crippen LogP contribution in [0.1, 0.15) is 11.1 Å². The molecule has 31 heavy (non-hydrogen) atoms. The third-order valence-electron chi connectivity index (χ3n) is 4.66. The van der Waals surface area contributed by atoms with Crippen LogP contribution in [0.3, 0.4) is 0 Å². The maximum Gasteiger partial charge on any atom is 0.264 e. The minimum atomic E-state index is -3.96. The monoisotopic (exact) mass is 476 g/mol. The van der Waals surface area contributed by atoms with E-state index in [4.69, 9.17) is 23.2 Å². The first-order chi connectivity index (χ1) is 14.8. The number of benzene rings is 3. The highest BCUT2D eigenvalue weighted by Gasteiger charge is 2.27.